The summed E-state index contributed by atoms with van der Waals surface area (Å²) in [5, 5.41) is 5.60. The zero-order chi connectivity index (χ0) is 12.5. The smallest absolute Gasteiger partial charge is 0.0408 e. The summed E-state index contributed by atoms with van der Waals surface area (Å²) in [6, 6.07) is 7.71. The zero-order valence-electron chi connectivity index (χ0n) is 10.8. The van der Waals surface area contributed by atoms with Crippen LogP contribution in [0.1, 0.15) is 30.4 Å². The molecule has 18 heavy (non-hydrogen) atoms. The van der Waals surface area contributed by atoms with Crippen LogP contribution in [0.15, 0.2) is 18.2 Å². The van der Waals surface area contributed by atoms with Crippen molar-refractivity contribution < 1.29 is 0 Å². The lowest BCUT2D eigenvalue weighted by Gasteiger charge is -2.18. The molecule has 0 aromatic heterocycles. The minimum Gasteiger partial charge on any atom is -0.311 e. The maximum absolute atomic E-state index is 6.06. The molecular formula is C15H20ClNS. The standard InChI is InChI=1S/C15H20ClNS/c1-18-15-5-4-13(9-15)17-14-7-10-2-3-12(16)6-11(10)8-14/h2-3,6,13-15,17H,4-5,7-9H2,1H3. The molecule has 1 aromatic carbocycles. The van der Waals surface area contributed by atoms with E-state index in [0.29, 0.717) is 6.04 Å². The Kier molecular flexibility index (Phi) is 3.88. The largest absolute Gasteiger partial charge is 0.311 e. The molecule has 0 heterocycles. The van der Waals surface area contributed by atoms with Crippen LogP contribution >= 0.6 is 23.4 Å². The second-order valence-corrected chi connectivity index (χ2v) is 7.13. The van der Waals surface area contributed by atoms with Gasteiger partial charge in [-0.05, 0) is 61.6 Å². The molecule has 1 aromatic rings. The molecule has 2 aliphatic carbocycles. The first-order chi connectivity index (χ1) is 8.74. The minimum absolute atomic E-state index is 0.629. The van der Waals surface area contributed by atoms with Gasteiger partial charge in [0.2, 0.25) is 0 Å². The van der Waals surface area contributed by atoms with Crippen molar-refractivity contribution in [1.29, 1.82) is 0 Å². The van der Waals surface area contributed by atoms with Gasteiger partial charge < -0.3 is 5.32 Å². The SMILES string of the molecule is CSC1CCC(NC2Cc3ccc(Cl)cc3C2)C1. The number of benzene rings is 1. The number of fused-ring (bicyclic) bond motifs is 1. The molecular weight excluding hydrogens is 262 g/mol. The fourth-order valence-electron chi connectivity index (χ4n) is 3.34. The van der Waals surface area contributed by atoms with Crippen molar-refractivity contribution in [3.8, 4) is 0 Å². The van der Waals surface area contributed by atoms with Gasteiger partial charge in [0, 0.05) is 22.4 Å². The van der Waals surface area contributed by atoms with Gasteiger partial charge in [-0.3, -0.25) is 0 Å². The Morgan fingerprint density at radius 2 is 2.00 bits per heavy atom. The molecule has 0 bridgehead atoms. The number of nitrogens with one attached hydrogen (secondary N) is 1. The molecule has 3 unspecified atom stereocenters. The summed E-state index contributed by atoms with van der Waals surface area (Å²) in [6.45, 7) is 0. The molecule has 0 saturated heterocycles. The first-order valence-corrected chi connectivity index (χ1v) is 8.47. The average molecular weight is 282 g/mol. The maximum Gasteiger partial charge on any atom is 0.0408 e. The highest BCUT2D eigenvalue weighted by atomic mass is 35.5. The Bertz CT molecular complexity index is 435. The summed E-state index contributed by atoms with van der Waals surface area (Å²) in [4.78, 5) is 0. The predicted octanol–water partition coefficient (Wildman–Crippen LogP) is 3.68. The Balaban J connectivity index is 1.58. The third kappa shape index (κ3) is 2.71. The fourth-order valence-corrected chi connectivity index (χ4v) is 4.33. The molecule has 1 saturated carbocycles. The molecule has 0 spiro atoms. The lowest BCUT2D eigenvalue weighted by atomic mass is 10.1. The lowest BCUT2D eigenvalue weighted by molar-refractivity contribution is 0.441. The van der Waals surface area contributed by atoms with Crippen LogP contribution < -0.4 is 5.32 Å². The Morgan fingerprint density at radius 1 is 1.17 bits per heavy atom. The third-order valence-electron chi connectivity index (χ3n) is 4.29. The molecule has 2 aliphatic rings. The maximum atomic E-state index is 6.06. The molecule has 1 fully saturated rings. The summed E-state index contributed by atoms with van der Waals surface area (Å²) < 4.78 is 0. The van der Waals surface area contributed by atoms with Crippen molar-refractivity contribution in [3.63, 3.8) is 0 Å². The van der Waals surface area contributed by atoms with Gasteiger partial charge in [0.1, 0.15) is 0 Å². The van der Waals surface area contributed by atoms with Gasteiger partial charge in [-0.25, -0.2) is 0 Å². The van der Waals surface area contributed by atoms with E-state index in [4.69, 9.17) is 11.6 Å². The fraction of sp³-hybridized carbons (Fsp3) is 0.600. The predicted molar refractivity (Wildman–Crippen MR) is 80.7 cm³/mol. The quantitative estimate of drug-likeness (QED) is 0.907. The van der Waals surface area contributed by atoms with E-state index in [9.17, 15) is 0 Å². The summed E-state index contributed by atoms with van der Waals surface area (Å²) in [5.74, 6) is 0. The number of hydrogen-bond donors (Lipinski definition) is 1. The van der Waals surface area contributed by atoms with E-state index in [1.807, 2.05) is 17.8 Å². The topological polar surface area (TPSA) is 12.0 Å². The van der Waals surface area contributed by atoms with Crippen LogP contribution in [0.5, 0.6) is 0 Å². The molecule has 1 N–H and O–H groups in total. The first-order valence-electron chi connectivity index (χ1n) is 6.80. The summed E-state index contributed by atoms with van der Waals surface area (Å²) >= 11 is 8.08. The highest BCUT2D eigenvalue weighted by Gasteiger charge is 2.28. The monoisotopic (exact) mass is 281 g/mol. The summed E-state index contributed by atoms with van der Waals surface area (Å²) in [7, 11) is 0. The van der Waals surface area contributed by atoms with Crippen molar-refractivity contribution in [2.24, 2.45) is 0 Å². The normalized spacial score (nSPS) is 30.7. The number of hydrogen-bond acceptors (Lipinski definition) is 2. The van der Waals surface area contributed by atoms with Gasteiger partial charge in [0.05, 0.1) is 0 Å². The van der Waals surface area contributed by atoms with E-state index >= 15 is 0 Å². The van der Waals surface area contributed by atoms with Gasteiger partial charge in [-0.1, -0.05) is 17.7 Å². The van der Waals surface area contributed by atoms with Crippen molar-refractivity contribution in [3.05, 3.63) is 34.3 Å². The Labute approximate surface area is 119 Å². The number of rotatable bonds is 3. The van der Waals surface area contributed by atoms with Crippen LogP contribution in [0, 0.1) is 0 Å². The van der Waals surface area contributed by atoms with Crippen LogP contribution in [0.2, 0.25) is 5.02 Å². The number of thioether (sulfide) groups is 1. The van der Waals surface area contributed by atoms with Crippen molar-refractivity contribution in [2.45, 2.75) is 49.4 Å². The molecule has 98 valence electrons. The Hall–Kier alpha value is -0.180. The van der Waals surface area contributed by atoms with E-state index in [2.05, 4.69) is 23.7 Å². The van der Waals surface area contributed by atoms with Crippen LogP contribution in [-0.2, 0) is 12.8 Å². The zero-order valence-corrected chi connectivity index (χ0v) is 12.4. The number of halogens is 1. The molecule has 3 heteroatoms. The molecule has 0 aliphatic heterocycles. The van der Waals surface area contributed by atoms with Gasteiger partial charge in [-0.15, -0.1) is 0 Å². The van der Waals surface area contributed by atoms with Gasteiger partial charge in [0.25, 0.3) is 0 Å². The molecule has 1 nitrogen and oxygen atoms in total. The highest BCUT2D eigenvalue weighted by molar-refractivity contribution is 7.99. The van der Waals surface area contributed by atoms with Gasteiger partial charge in [-0.2, -0.15) is 11.8 Å². The van der Waals surface area contributed by atoms with Gasteiger partial charge >= 0.3 is 0 Å². The lowest BCUT2D eigenvalue weighted by Crippen LogP contribution is -2.37. The summed E-state index contributed by atoms with van der Waals surface area (Å²) in [6.07, 6.45) is 8.63. The molecule has 3 atom stereocenters. The molecule has 0 amide bonds. The van der Waals surface area contributed by atoms with Crippen LogP contribution in [0.3, 0.4) is 0 Å². The second-order valence-electron chi connectivity index (χ2n) is 5.55. The van der Waals surface area contributed by atoms with Crippen molar-refractivity contribution >= 4 is 23.4 Å². The van der Waals surface area contributed by atoms with Gasteiger partial charge in [0.15, 0.2) is 0 Å². The van der Waals surface area contributed by atoms with E-state index in [0.717, 1.165) is 22.7 Å². The molecule has 3 rings (SSSR count). The first kappa shape index (κ1) is 12.8. The van der Waals surface area contributed by atoms with E-state index in [1.54, 1.807) is 0 Å². The van der Waals surface area contributed by atoms with Crippen molar-refractivity contribution in [2.75, 3.05) is 6.26 Å². The summed E-state index contributed by atoms with van der Waals surface area (Å²) in [5.41, 5.74) is 2.93. The minimum atomic E-state index is 0.629. The highest BCUT2D eigenvalue weighted by Crippen LogP contribution is 2.30. The third-order valence-corrected chi connectivity index (χ3v) is 5.62. The van der Waals surface area contributed by atoms with E-state index in [-0.39, 0.29) is 0 Å². The second kappa shape index (κ2) is 5.44. The molecule has 0 radical (unpaired) electrons. The van der Waals surface area contributed by atoms with Crippen molar-refractivity contribution in [1.82, 2.24) is 5.32 Å². The van der Waals surface area contributed by atoms with E-state index in [1.165, 1.54) is 36.8 Å². The van der Waals surface area contributed by atoms with E-state index < -0.39 is 0 Å². The van der Waals surface area contributed by atoms with Crippen LogP contribution in [0.4, 0.5) is 0 Å². The average Bonchev–Trinajstić information content (AvgIpc) is 2.95. The van der Waals surface area contributed by atoms with Crippen LogP contribution in [0.25, 0.3) is 0 Å². The van der Waals surface area contributed by atoms with Crippen LogP contribution in [-0.4, -0.2) is 23.6 Å². The Morgan fingerprint density at radius 3 is 2.78 bits per heavy atom.